The SMILES string of the molecule is CC#CCN1CCC(NC)CC1. The summed E-state index contributed by atoms with van der Waals surface area (Å²) < 4.78 is 0. The van der Waals surface area contributed by atoms with Gasteiger partial charge in [0.25, 0.3) is 0 Å². The van der Waals surface area contributed by atoms with Crippen molar-refractivity contribution in [3.05, 3.63) is 0 Å². The molecule has 1 heterocycles. The van der Waals surface area contributed by atoms with Gasteiger partial charge in [0.15, 0.2) is 0 Å². The van der Waals surface area contributed by atoms with Gasteiger partial charge in [-0.3, -0.25) is 4.90 Å². The van der Waals surface area contributed by atoms with Crippen LogP contribution in [0.25, 0.3) is 0 Å². The molecule has 1 rings (SSSR count). The minimum Gasteiger partial charge on any atom is -0.317 e. The maximum Gasteiger partial charge on any atom is 0.0601 e. The van der Waals surface area contributed by atoms with E-state index in [0.29, 0.717) is 0 Å². The molecule has 1 saturated heterocycles. The molecule has 2 nitrogen and oxygen atoms in total. The fourth-order valence-corrected chi connectivity index (χ4v) is 1.57. The summed E-state index contributed by atoms with van der Waals surface area (Å²) >= 11 is 0. The number of piperidine rings is 1. The largest absolute Gasteiger partial charge is 0.317 e. The third kappa shape index (κ3) is 2.84. The number of nitrogens with zero attached hydrogens (tertiary/aromatic N) is 1. The number of nitrogens with one attached hydrogen (secondary N) is 1. The Morgan fingerprint density at radius 1 is 1.42 bits per heavy atom. The molecule has 68 valence electrons. The van der Waals surface area contributed by atoms with E-state index >= 15 is 0 Å². The summed E-state index contributed by atoms with van der Waals surface area (Å²) in [6.07, 6.45) is 2.53. The van der Waals surface area contributed by atoms with E-state index in [1.54, 1.807) is 0 Å². The summed E-state index contributed by atoms with van der Waals surface area (Å²) in [7, 11) is 2.05. The number of hydrogen-bond donors (Lipinski definition) is 1. The molecule has 1 N–H and O–H groups in total. The molecule has 0 aromatic rings. The summed E-state index contributed by atoms with van der Waals surface area (Å²) in [6, 6.07) is 0.732. The minimum atomic E-state index is 0.732. The van der Waals surface area contributed by atoms with Gasteiger partial charge in [-0.15, -0.1) is 5.92 Å². The van der Waals surface area contributed by atoms with Crippen LogP contribution in [0.4, 0.5) is 0 Å². The van der Waals surface area contributed by atoms with Gasteiger partial charge in [-0.05, 0) is 26.8 Å². The van der Waals surface area contributed by atoms with Gasteiger partial charge in [0.05, 0.1) is 6.54 Å². The van der Waals surface area contributed by atoms with Crippen molar-refractivity contribution in [1.29, 1.82) is 0 Å². The molecular formula is C10H18N2. The van der Waals surface area contributed by atoms with Crippen LogP contribution in [0.3, 0.4) is 0 Å². The van der Waals surface area contributed by atoms with Crippen LogP contribution >= 0.6 is 0 Å². The lowest BCUT2D eigenvalue weighted by atomic mass is 10.1. The number of rotatable bonds is 2. The summed E-state index contributed by atoms with van der Waals surface area (Å²) in [5.41, 5.74) is 0. The number of hydrogen-bond acceptors (Lipinski definition) is 2. The lowest BCUT2D eigenvalue weighted by molar-refractivity contribution is 0.223. The molecule has 0 aliphatic carbocycles. The van der Waals surface area contributed by atoms with E-state index in [1.165, 1.54) is 25.9 Å². The molecule has 0 aromatic heterocycles. The molecule has 12 heavy (non-hydrogen) atoms. The van der Waals surface area contributed by atoms with Gasteiger partial charge in [0, 0.05) is 19.1 Å². The third-order valence-corrected chi connectivity index (χ3v) is 2.48. The van der Waals surface area contributed by atoms with Crippen LogP contribution in [0.5, 0.6) is 0 Å². The Bertz CT molecular complexity index is 170. The van der Waals surface area contributed by atoms with Gasteiger partial charge in [0.1, 0.15) is 0 Å². The molecule has 0 atom stereocenters. The van der Waals surface area contributed by atoms with Crippen molar-refractivity contribution in [3.63, 3.8) is 0 Å². The van der Waals surface area contributed by atoms with Crippen LogP contribution in [0.1, 0.15) is 19.8 Å². The second kappa shape index (κ2) is 5.18. The molecule has 1 aliphatic heterocycles. The second-order valence-corrected chi connectivity index (χ2v) is 3.27. The average molecular weight is 166 g/mol. The fraction of sp³-hybridized carbons (Fsp3) is 0.800. The van der Waals surface area contributed by atoms with Crippen molar-refractivity contribution in [2.24, 2.45) is 0 Å². The fourth-order valence-electron chi connectivity index (χ4n) is 1.57. The zero-order chi connectivity index (χ0) is 8.81. The molecule has 0 unspecified atom stereocenters. The predicted octanol–water partition coefficient (Wildman–Crippen LogP) is 0.694. The topological polar surface area (TPSA) is 15.3 Å². The molecule has 0 aromatic carbocycles. The first-order valence-corrected chi connectivity index (χ1v) is 4.66. The van der Waals surface area contributed by atoms with E-state index < -0.39 is 0 Å². The van der Waals surface area contributed by atoms with Gasteiger partial charge >= 0.3 is 0 Å². The monoisotopic (exact) mass is 166 g/mol. The smallest absolute Gasteiger partial charge is 0.0601 e. The van der Waals surface area contributed by atoms with E-state index in [9.17, 15) is 0 Å². The van der Waals surface area contributed by atoms with Crippen molar-refractivity contribution >= 4 is 0 Å². The first-order valence-electron chi connectivity index (χ1n) is 4.66. The van der Waals surface area contributed by atoms with Gasteiger partial charge in [0.2, 0.25) is 0 Å². The molecule has 0 saturated carbocycles. The van der Waals surface area contributed by atoms with Gasteiger partial charge in [-0.1, -0.05) is 5.92 Å². The standard InChI is InChI=1S/C10H18N2/c1-3-4-7-12-8-5-10(11-2)6-9-12/h10-11H,5-9H2,1-2H3. The Morgan fingerprint density at radius 2 is 2.08 bits per heavy atom. The Labute approximate surface area is 75.3 Å². The maximum absolute atomic E-state index is 3.32. The molecule has 2 heteroatoms. The molecule has 1 aliphatic rings. The highest BCUT2D eigenvalue weighted by atomic mass is 15.1. The third-order valence-electron chi connectivity index (χ3n) is 2.48. The quantitative estimate of drug-likeness (QED) is 0.607. The molecule has 0 spiro atoms. The summed E-state index contributed by atoms with van der Waals surface area (Å²) in [6.45, 7) is 5.24. The van der Waals surface area contributed by atoms with Crippen LogP contribution < -0.4 is 5.32 Å². The zero-order valence-electron chi connectivity index (χ0n) is 8.06. The van der Waals surface area contributed by atoms with E-state index in [4.69, 9.17) is 0 Å². The van der Waals surface area contributed by atoms with Crippen LogP contribution in [-0.2, 0) is 0 Å². The summed E-state index contributed by atoms with van der Waals surface area (Å²) in [5.74, 6) is 6.04. The molecule has 1 fully saturated rings. The van der Waals surface area contributed by atoms with Crippen molar-refractivity contribution in [2.75, 3.05) is 26.7 Å². The van der Waals surface area contributed by atoms with Crippen LogP contribution in [0, 0.1) is 11.8 Å². The van der Waals surface area contributed by atoms with Crippen molar-refractivity contribution in [2.45, 2.75) is 25.8 Å². The van der Waals surface area contributed by atoms with Crippen molar-refractivity contribution < 1.29 is 0 Å². The summed E-state index contributed by atoms with van der Waals surface area (Å²) in [4.78, 5) is 2.42. The molecule has 0 bridgehead atoms. The average Bonchev–Trinajstić information content (AvgIpc) is 2.15. The van der Waals surface area contributed by atoms with E-state index in [1.807, 2.05) is 14.0 Å². The number of likely N-dealkylation sites (tertiary alicyclic amines) is 1. The second-order valence-electron chi connectivity index (χ2n) is 3.27. The Morgan fingerprint density at radius 3 is 2.58 bits per heavy atom. The van der Waals surface area contributed by atoms with Gasteiger partial charge in [-0.25, -0.2) is 0 Å². The highest BCUT2D eigenvalue weighted by Gasteiger charge is 2.15. The highest BCUT2D eigenvalue weighted by Crippen LogP contribution is 2.08. The van der Waals surface area contributed by atoms with E-state index in [0.717, 1.165) is 12.6 Å². The Balaban J connectivity index is 2.20. The van der Waals surface area contributed by atoms with Crippen LogP contribution in [0.2, 0.25) is 0 Å². The van der Waals surface area contributed by atoms with Gasteiger partial charge < -0.3 is 5.32 Å². The van der Waals surface area contributed by atoms with Gasteiger partial charge in [-0.2, -0.15) is 0 Å². The Kier molecular flexibility index (Phi) is 4.13. The molecular weight excluding hydrogens is 148 g/mol. The first-order chi connectivity index (χ1) is 5.86. The van der Waals surface area contributed by atoms with Crippen molar-refractivity contribution in [1.82, 2.24) is 10.2 Å². The Hall–Kier alpha value is -0.520. The summed E-state index contributed by atoms with van der Waals surface area (Å²) in [5, 5.41) is 3.32. The van der Waals surface area contributed by atoms with Crippen molar-refractivity contribution in [3.8, 4) is 11.8 Å². The first kappa shape index (κ1) is 9.57. The lowest BCUT2D eigenvalue weighted by Gasteiger charge is -2.30. The zero-order valence-corrected chi connectivity index (χ0v) is 8.06. The normalized spacial score (nSPS) is 20.2. The predicted molar refractivity (Wildman–Crippen MR) is 52.0 cm³/mol. The molecule has 0 radical (unpaired) electrons. The maximum atomic E-state index is 3.32. The lowest BCUT2D eigenvalue weighted by Crippen LogP contribution is -2.41. The van der Waals surface area contributed by atoms with Crippen LogP contribution in [0.15, 0.2) is 0 Å². The molecule has 0 amide bonds. The highest BCUT2D eigenvalue weighted by molar-refractivity contribution is 4.98. The van der Waals surface area contributed by atoms with Crippen LogP contribution in [-0.4, -0.2) is 37.6 Å². The van der Waals surface area contributed by atoms with E-state index in [2.05, 4.69) is 22.1 Å². The minimum absolute atomic E-state index is 0.732. The van der Waals surface area contributed by atoms with E-state index in [-0.39, 0.29) is 0 Å².